The number of anilines is 1. The molecule has 0 fully saturated rings. The van der Waals surface area contributed by atoms with Crippen molar-refractivity contribution in [1.29, 1.82) is 0 Å². The first kappa shape index (κ1) is 14.8. The molecule has 1 aliphatic heterocycles. The molecule has 122 valence electrons. The summed E-state index contributed by atoms with van der Waals surface area (Å²) in [5.41, 5.74) is 8.66. The summed E-state index contributed by atoms with van der Waals surface area (Å²) in [4.78, 5) is 13.0. The number of aryl methyl sites for hydroxylation is 1. The summed E-state index contributed by atoms with van der Waals surface area (Å²) in [6.45, 7) is 0.0276. The molecule has 0 saturated heterocycles. The maximum absolute atomic E-state index is 13.3. The fourth-order valence-electron chi connectivity index (χ4n) is 3.21. The maximum Gasteiger partial charge on any atom is 0.220 e. The molecule has 24 heavy (non-hydrogen) atoms. The van der Waals surface area contributed by atoms with E-state index in [0.717, 1.165) is 29.9 Å². The van der Waals surface area contributed by atoms with E-state index in [4.69, 9.17) is 10.7 Å². The van der Waals surface area contributed by atoms with Gasteiger partial charge in [-0.25, -0.2) is 19.3 Å². The molecular weight excluding hydrogens is 309 g/mol. The highest BCUT2D eigenvalue weighted by Gasteiger charge is 2.30. The van der Waals surface area contributed by atoms with Gasteiger partial charge in [-0.2, -0.15) is 0 Å². The first-order chi connectivity index (χ1) is 11.7. The summed E-state index contributed by atoms with van der Waals surface area (Å²) in [5, 5.41) is 9.70. The second-order valence-corrected chi connectivity index (χ2v) is 5.78. The summed E-state index contributed by atoms with van der Waals surface area (Å²) in [6, 6.07) is 7.90. The number of hydrogen-bond acceptors (Lipinski definition) is 5. The Morgan fingerprint density at radius 2 is 2.00 bits per heavy atom. The van der Waals surface area contributed by atoms with E-state index in [0.29, 0.717) is 11.4 Å². The number of halogens is 1. The van der Waals surface area contributed by atoms with Crippen LogP contribution in [0, 0.1) is 5.82 Å². The van der Waals surface area contributed by atoms with Gasteiger partial charge in [-0.15, -0.1) is 0 Å². The van der Waals surface area contributed by atoms with Gasteiger partial charge in [-0.1, -0.05) is 0 Å². The van der Waals surface area contributed by atoms with E-state index in [1.807, 2.05) is 4.57 Å². The number of nitrogens with zero attached hydrogens (tertiary/aromatic N) is 4. The van der Waals surface area contributed by atoms with Crippen molar-refractivity contribution < 1.29 is 9.50 Å². The average molecular weight is 325 g/mol. The Bertz CT molecular complexity index is 890. The molecule has 2 aromatic heterocycles. The van der Waals surface area contributed by atoms with E-state index < -0.39 is 0 Å². The highest BCUT2D eigenvalue weighted by atomic mass is 19.1. The lowest BCUT2D eigenvalue weighted by Gasteiger charge is -2.15. The number of aliphatic hydroxyl groups is 1. The number of benzene rings is 1. The zero-order valence-electron chi connectivity index (χ0n) is 12.9. The van der Waals surface area contributed by atoms with Crippen molar-refractivity contribution in [2.45, 2.75) is 18.9 Å². The first-order valence-electron chi connectivity index (χ1n) is 7.74. The third-order valence-corrected chi connectivity index (χ3v) is 4.30. The van der Waals surface area contributed by atoms with Crippen molar-refractivity contribution in [2.75, 3.05) is 12.3 Å². The fraction of sp³-hybridized carbons (Fsp3) is 0.235. The van der Waals surface area contributed by atoms with Crippen molar-refractivity contribution in [2.24, 2.45) is 0 Å². The molecule has 0 amide bonds. The molecule has 7 heteroatoms. The minimum absolute atomic E-state index is 0.0276. The summed E-state index contributed by atoms with van der Waals surface area (Å²) in [5.74, 6) is 0.763. The minimum Gasteiger partial charge on any atom is -0.394 e. The van der Waals surface area contributed by atoms with Crippen LogP contribution in [0.2, 0.25) is 0 Å². The molecule has 0 radical (unpaired) electrons. The molecule has 3 aromatic rings. The molecule has 3 heterocycles. The molecule has 0 bridgehead atoms. The predicted octanol–water partition coefficient (Wildman–Crippen LogP) is 2.21. The second kappa shape index (κ2) is 5.68. The highest BCUT2D eigenvalue weighted by Crippen LogP contribution is 2.38. The molecule has 0 unspecified atom stereocenters. The lowest BCUT2D eigenvalue weighted by molar-refractivity contribution is 0.234. The summed E-state index contributed by atoms with van der Waals surface area (Å²) in [7, 11) is 0. The molecular formula is C17H16FN5O. The van der Waals surface area contributed by atoms with Crippen LogP contribution in [0.4, 0.5) is 10.3 Å². The number of aromatic nitrogens is 4. The third-order valence-electron chi connectivity index (χ3n) is 4.30. The van der Waals surface area contributed by atoms with Gasteiger partial charge in [0.2, 0.25) is 5.95 Å². The highest BCUT2D eigenvalue weighted by molar-refractivity contribution is 5.78. The van der Waals surface area contributed by atoms with E-state index in [-0.39, 0.29) is 24.4 Å². The number of nitrogen functional groups attached to an aromatic ring is 1. The number of nitrogens with two attached hydrogens (primary N) is 1. The van der Waals surface area contributed by atoms with Gasteiger partial charge in [0, 0.05) is 18.2 Å². The van der Waals surface area contributed by atoms with Gasteiger partial charge in [-0.05, 0) is 36.8 Å². The minimum atomic E-state index is -0.299. The van der Waals surface area contributed by atoms with Crippen molar-refractivity contribution in [1.82, 2.24) is 19.5 Å². The van der Waals surface area contributed by atoms with Crippen LogP contribution in [0.1, 0.15) is 18.3 Å². The van der Waals surface area contributed by atoms with Gasteiger partial charge < -0.3 is 15.4 Å². The number of hydrogen-bond donors (Lipinski definition) is 2. The lowest BCUT2D eigenvalue weighted by atomic mass is 10.1. The van der Waals surface area contributed by atoms with E-state index in [1.54, 1.807) is 24.4 Å². The largest absolute Gasteiger partial charge is 0.394 e. The summed E-state index contributed by atoms with van der Waals surface area (Å²) < 4.78 is 15.3. The van der Waals surface area contributed by atoms with Crippen molar-refractivity contribution >= 4 is 5.95 Å². The normalized spacial score (nSPS) is 16.3. The number of fused-ring (bicyclic) bond motifs is 1. The average Bonchev–Trinajstić information content (AvgIpc) is 3.14. The standard InChI is InChI=1S/C17H16FN5O/c18-11-3-1-10(2-4-11)15-16(13-7-8-20-17(19)21-13)23-12(9-24)5-6-14(23)22-15/h1-4,7-8,12,24H,5-6,9H2,(H2,19,20,21)/t12-/m1/s1. The smallest absolute Gasteiger partial charge is 0.220 e. The van der Waals surface area contributed by atoms with Gasteiger partial charge >= 0.3 is 0 Å². The third kappa shape index (κ3) is 2.33. The van der Waals surface area contributed by atoms with Crippen molar-refractivity contribution in [3.63, 3.8) is 0 Å². The van der Waals surface area contributed by atoms with Crippen LogP contribution in [0.15, 0.2) is 36.5 Å². The van der Waals surface area contributed by atoms with Crippen LogP contribution in [0.25, 0.3) is 22.6 Å². The van der Waals surface area contributed by atoms with E-state index >= 15 is 0 Å². The molecule has 1 aromatic carbocycles. The summed E-state index contributed by atoms with van der Waals surface area (Å²) >= 11 is 0. The summed E-state index contributed by atoms with van der Waals surface area (Å²) in [6.07, 6.45) is 3.20. The van der Waals surface area contributed by atoms with Crippen LogP contribution in [-0.4, -0.2) is 31.2 Å². The van der Waals surface area contributed by atoms with Crippen LogP contribution in [0.3, 0.4) is 0 Å². The first-order valence-corrected chi connectivity index (χ1v) is 7.74. The van der Waals surface area contributed by atoms with Gasteiger partial charge in [0.25, 0.3) is 0 Å². The number of rotatable bonds is 3. The van der Waals surface area contributed by atoms with Gasteiger partial charge in [-0.3, -0.25) is 0 Å². The van der Waals surface area contributed by atoms with Gasteiger partial charge in [0.15, 0.2) is 0 Å². The number of aliphatic hydroxyl groups excluding tert-OH is 1. The van der Waals surface area contributed by atoms with Crippen LogP contribution < -0.4 is 5.73 Å². The van der Waals surface area contributed by atoms with Crippen LogP contribution in [0.5, 0.6) is 0 Å². The van der Waals surface area contributed by atoms with Crippen molar-refractivity contribution in [3.05, 3.63) is 48.2 Å². The molecule has 4 rings (SSSR count). The van der Waals surface area contributed by atoms with E-state index in [1.165, 1.54) is 12.1 Å². The zero-order valence-corrected chi connectivity index (χ0v) is 12.9. The Morgan fingerprint density at radius 1 is 1.21 bits per heavy atom. The molecule has 0 saturated carbocycles. The lowest BCUT2D eigenvalue weighted by Crippen LogP contribution is -2.10. The molecule has 1 atom stereocenters. The van der Waals surface area contributed by atoms with E-state index in [2.05, 4.69) is 9.97 Å². The van der Waals surface area contributed by atoms with Crippen LogP contribution in [-0.2, 0) is 6.42 Å². The van der Waals surface area contributed by atoms with Gasteiger partial charge in [0.1, 0.15) is 11.6 Å². The number of imidazole rings is 1. The quantitative estimate of drug-likeness (QED) is 0.770. The Labute approximate surface area is 137 Å². The topological polar surface area (TPSA) is 89.8 Å². The monoisotopic (exact) mass is 325 g/mol. The Balaban J connectivity index is 1.96. The molecule has 3 N–H and O–H groups in total. The Kier molecular flexibility index (Phi) is 3.50. The van der Waals surface area contributed by atoms with Crippen LogP contribution >= 0.6 is 0 Å². The maximum atomic E-state index is 13.3. The van der Waals surface area contributed by atoms with E-state index in [9.17, 15) is 9.50 Å². The SMILES string of the molecule is Nc1nccc(-c2c(-c3ccc(F)cc3)nc3n2[C@@H](CO)CC3)n1. The molecule has 1 aliphatic rings. The molecule has 0 spiro atoms. The van der Waals surface area contributed by atoms with Gasteiger partial charge in [0.05, 0.1) is 29.7 Å². The Hall–Kier alpha value is -2.80. The zero-order chi connectivity index (χ0) is 16.7. The molecule has 6 nitrogen and oxygen atoms in total. The predicted molar refractivity (Wildman–Crippen MR) is 87.5 cm³/mol. The second-order valence-electron chi connectivity index (χ2n) is 5.78. The molecule has 0 aliphatic carbocycles. The Morgan fingerprint density at radius 3 is 2.71 bits per heavy atom. The fourth-order valence-corrected chi connectivity index (χ4v) is 3.21. The van der Waals surface area contributed by atoms with Crippen molar-refractivity contribution in [3.8, 4) is 22.6 Å².